The van der Waals surface area contributed by atoms with Crippen molar-refractivity contribution < 1.29 is 14.2 Å². The van der Waals surface area contributed by atoms with Crippen LogP contribution in [0.15, 0.2) is 24.3 Å². The van der Waals surface area contributed by atoms with Crippen LogP contribution in [0.5, 0.6) is 11.5 Å². The Hall–Kier alpha value is -1.30. The Kier molecular flexibility index (Phi) is 4.66. The fourth-order valence-electron chi connectivity index (χ4n) is 4.02. The fourth-order valence-corrected chi connectivity index (χ4v) is 4.02. The molecule has 1 aromatic carbocycles. The summed E-state index contributed by atoms with van der Waals surface area (Å²) in [7, 11) is 0. The fraction of sp³-hybridized carbons (Fsp3) is 0.684. The predicted molar refractivity (Wildman–Crippen MR) is 92.8 cm³/mol. The molecular formula is C19H28N2O3. The van der Waals surface area contributed by atoms with Crippen LogP contribution >= 0.6 is 0 Å². The van der Waals surface area contributed by atoms with Gasteiger partial charge in [0.15, 0.2) is 11.5 Å². The Morgan fingerprint density at radius 1 is 1.21 bits per heavy atom. The smallest absolute Gasteiger partial charge is 0.161 e. The largest absolute Gasteiger partial charge is 0.486 e. The number of nitrogens with one attached hydrogen (secondary N) is 1. The molecule has 5 heteroatoms. The maximum Gasteiger partial charge on any atom is 0.161 e. The average Bonchev–Trinajstić information content (AvgIpc) is 2.61. The lowest BCUT2D eigenvalue weighted by Gasteiger charge is -2.46. The molecular weight excluding hydrogens is 304 g/mol. The number of ether oxygens (including phenoxy) is 3. The maximum absolute atomic E-state index is 6.26. The van der Waals surface area contributed by atoms with Crippen LogP contribution in [0.1, 0.15) is 26.2 Å². The number of piperidine rings is 1. The van der Waals surface area contributed by atoms with E-state index in [1.54, 1.807) is 0 Å². The highest BCUT2D eigenvalue weighted by molar-refractivity contribution is 5.40. The second kappa shape index (κ2) is 6.90. The molecule has 0 aliphatic carbocycles. The van der Waals surface area contributed by atoms with Crippen molar-refractivity contribution >= 4 is 0 Å². The van der Waals surface area contributed by atoms with E-state index in [2.05, 4.69) is 17.1 Å². The zero-order valence-electron chi connectivity index (χ0n) is 14.5. The molecule has 132 valence electrons. The van der Waals surface area contributed by atoms with Gasteiger partial charge in [-0.3, -0.25) is 0 Å². The zero-order chi connectivity index (χ0) is 16.4. The summed E-state index contributed by atoms with van der Waals surface area (Å²) >= 11 is 0. The highest BCUT2D eigenvalue weighted by Gasteiger charge is 2.39. The molecule has 1 spiro atoms. The van der Waals surface area contributed by atoms with Crippen LogP contribution in [0.3, 0.4) is 0 Å². The zero-order valence-corrected chi connectivity index (χ0v) is 14.5. The molecule has 2 saturated heterocycles. The molecule has 0 amide bonds. The summed E-state index contributed by atoms with van der Waals surface area (Å²) in [5, 5.41) is 3.52. The van der Waals surface area contributed by atoms with Crippen molar-refractivity contribution in [2.75, 3.05) is 39.3 Å². The molecule has 0 bridgehead atoms. The minimum absolute atomic E-state index is 0.0670. The Bertz CT molecular complexity index is 557. The number of benzene rings is 1. The van der Waals surface area contributed by atoms with E-state index in [9.17, 15) is 0 Å². The second-order valence-corrected chi connectivity index (χ2v) is 7.37. The molecule has 2 fully saturated rings. The second-order valence-electron chi connectivity index (χ2n) is 7.37. The van der Waals surface area contributed by atoms with E-state index in [1.165, 1.54) is 0 Å². The average molecular weight is 332 g/mol. The molecule has 3 aliphatic heterocycles. The molecule has 0 radical (unpaired) electrons. The minimum Gasteiger partial charge on any atom is -0.486 e. The van der Waals surface area contributed by atoms with Crippen molar-refractivity contribution in [2.45, 2.75) is 44.0 Å². The topological polar surface area (TPSA) is 43.0 Å². The van der Waals surface area contributed by atoms with Crippen LogP contribution in [-0.2, 0) is 4.74 Å². The summed E-state index contributed by atoms with van der Waals surface area (Å²) in [5.74, 6) is 1.74. The van der Waals surface area contributed by atoms with E-state index in [4.69, 9.17) is 14.2 Å². The first-order chi connectivity index (χ1) is 11.7. The summed E-state index contributed by atoms with van der Waals surface area (Å²) in [6, 6.07) is 7.93. The highest BCUT2D eigenvalue weighted by atomic mass is 16.6. The van der Waals surface area contributed by atoms with Gasteiger partial charge in [0, 0.05) is 39.1 Å². The molecule has 3 aliphatic rings. The number of hydrogen-bond donors (Lipinski definition) is 1. The van der Waals surface area contributed by atoms with Gasteiger partial charge in [-0.1, -0.05) is 12.1 Å². The monoisotopic (exact) mass is 332 g/mol. The molecule has 3 heterocycles. The number of likely N-dealkylation sites (tertiary alicyclic amines) is 1. The molecule has 24 heavy (non-hydrogen) atoms. The van der Waals surface area contributed by atoms with Gasteiger partial charge in [0.05, 0.1) is 11.7 Å². The first-order valence-corrected chi connectivity index (χ1v) is 9.22. The Morgan fingerprint density at radius 3 is 2.79 bits per heavy atom. The van der Waals surface area contributed by atoms with Gasteiger partial charge < -0.3 is 24.4 Å². The molecule has 2 atom stereocenters. The molecule has 1 aromatic rings. The van der Waals surface area contributed by atoms with E-state index in [0.29, 0.717) is 12.7 Å². The van der Waals surface area contributed by atoms with E-state index < -0.39 is 0 Å². The van der Waals surface area contributed by atoms with Gasteiger partial charge in [0.25, 0.3) is 0 Å². The van der Waals surface area contributed by atoms with Crippen molar-refractivity contribution in [3.05, 3.63) is 24.3 Å². The van der Waals surface area contributed by atoms with Gasteiger partial charge in [-0.15, -0.1) is 0 Å². The van der Waals surface area contributed by atoms with Gasteiger partial charge in [0.2, 0.25) is 0 Å². The summed E-state index contributed by atoms with van der Waals surface area (Å²) in [4.78, 5) is 2.54. The van der Waals surface area contributed by atoms with Crippen molar-refractivity contribution in [1.82, 2.24) is 10.2 Å². The highest BCUT2D eigenvalue weighted by Crippen LogP contribution is 2.32. The first kappa shape index (κ1) is 16.2. The van der Waals surface area contributed by atoms with Crippen LogP contribution < -0.4 is 14.8 Å². The number of fused-ring (bicyclic) bond motifs is 1. The molecule has 2 unspecified atom stereocenters. The van der Waals surface area contributed by atoms with Crippen LogP contribution in [0.2, 0.25) is 0 Å². The number of morpholine rings is 1. The standard InChI is InChI=1S/C19H28N2O3/c1-15-12-20-14-19(24-15)7-10-21(11-8-19)9-6-16-13-22-17-4-2-3-5-18(17)23-16/h2-5,15-16,20H,6-14H2,1H3. The van der Waals surface area contributed by atoms with Gasteiger partial charge in [-0.05, 0) is 31.9 Å². The molecule has 0 aromatic heterocycles. The third-order valence-electron chi connectivity index (χ3n) is 5.43. The lowest BCUT2D eigenvalue weighted by molar-refractivity contribution is -0.135. The van der Waals surface area contributed by atoms with Crippen LogP contribution in [0.25, 0.3) is 0 Å². The Labute approximate surface area is 144 Å². The lowest BCUT2D eigenvalue weighted by atomic mass is 9.89. The SMILES string of the molecule is CC1CNCC2(CCN(CCC3COc4ccccc4O3)CC2)O1. The first-order valence-electron chi connectivity index (χ1n) is 9.22. The van der Waals surface area contributed by atoms with Crippen molar-refractivity contribution in [1.29, 1.82) is 0 Å². The minimum atomic E-state index is 0.0670. The van der Waals surface area contributed by atoms with Gasteiger partial charge >= 0.3 is 0 Å². The molecule has 5 nitrogen and oxygen atoms in total. The van der Waals surface area contributed by atoms with Crippen molar-refractivity contribution in [3.8, 4) is 11.5 Å². The Morgan fingerprint density at radius 2 is 2.00 bits per heavy atom. The summed E-state index contributed by atoms with van der Waals surface area (Å²) in [5.41, 5.74) is 0.0670. The third kappa shape index (κ3) is 3.53. The predicted octanol–water partition coefficient (Wildman–Crippen LogP) is 2.06. The van der Waals surface area contributed by atoms with Gasteiger partial charge in [-0.25, -0.2) is 0 Å². The van der Waals surface area contributed by atoms with Gasteiger partial charge in [0.1, 0.15) is 12.7 Å². The molecule has 0 saturated carbocycles. The summed E-state index contributed by atoms with van der Waals surface area (Å²) in [6.07, 6.45) is 3.74. The van der Waals surface area contributed by atoms with E-state index in [0.717, 1.165) is 63.5 Å². The van der Waals surface area contributed by atoms with Crippen LogP contribution in [-0.4, -0.2) is 62.0 Å². The van der Waals surface area contributed by atoms with Crippen molar-refractivity contribution in [2.24, 2.45) is 0 Å². The quantitative estimate of drug-likeness (QED) is 0.918. The van der Waals surface area contributed by atoms with Gasteiger partial charge in [-0.2, -0.15) is 0 Å². The number of para-hydroxylation sites is 2. The maximum atomic E-state index is 6.26. The van der Waals surface area contributed by atoms with Crippen LogP contribution in [0, 0.1) is 0 Å². The molecule has 1 N–H and O–H groups in total. The third-order valence-corrected chi connectivity index (χ3v) is 5.43. The van der Waals surface area contributed by atoms with E-state index in [-0.39, 0.29) is 11.7 Å². The summed E-state index contributed by atoms with van der Waals surface area (Å²) < 4.78 is 18.1. The van der Waals surface area contributed by atoms with Crippen LogP contribution in [0.4, 0.5) is 0 Å². The summed E-state index contributed by atoms with van der Waals surface area (Å²) in [6.45, 7) is 8.08. The number of rotatable bonds is 3. The lowest BCUT2D eigenvalue weighted by Crippen LogP contribution is -2.58. The van der Waals surface area contributed by atoms with E-state index in [1.807, 2.05) is 24.3 Å². The molecule has 4 rings (SSSR count). The number of hydrogen-bond acceptors (Lipinski definition) is 5. The van der Waals surface area contributed by atoms with E-state index >= 15 is 0 Å². The number of nitrogens with zero attached hydrogens (tertiary/aromatic N) is 1. The normalized spacial score (nSPS) is 29.5. The van der Waals surface area contributed by atoms with Crippen molar-refractivity contribution in [3.63, 3.8) is 0 Å². The Balaban J connectivity index is 1.24.